The molecule has 0 aromatic heterocycles. The Morgan fingerprint density at radius 2 is 1.68 bits per heavy atom. The second kappa shape index (κ2) is 6.56. The van der Waals surface area contributed by atoms with E-state index in [1.165, 1.54) is 24.3 Å². The number of anilines is 2. The molecule has 1 heterocycles. The highest BCUT2D eigenvalue weighted by Crippen LogP contribution is 2.24. The van der Waals surface area contributed by atoms with E-state index in [1.807, 2.05) is 0 Å². The maximum Gasteiger partial charge on any atom is 0.335 e. The summed E-state index contributed by atoms with van der Waals surface area (Å²) in [5.74, 6) is -3.17. The highest BCUT2D eigenvalue weighted by atomic mass is 19.1. The summed E-state index contributed by atoms with van der Waals surface area (Å²) in [5, 5.41) is 4.96. The molecular weight excluding hydrogens is 325 g/mol. The van der Waals surface area contributed by atoms with Gasteiger partial charge in [-0.3, -0.25) is 14.9 Å². The molecule has 0 radical (unpaired) electrons. The van der Waals surface area contributed by atoms with E-state index in [-0.39, 0.29) is 5.70 Å². The molecule has 0 bridgehead atoms. The molecule has 3 rings (SSSR count). The van der Waals surface area contributed by atoms with Gasteiger partial charge in [0, 0.05) is 11.4 Å². The number of hydrogen-bond acceptors (Lipinski definition) is 4. The van der Waals surface area contributed by atoms with Crippen molar-refractivity contribution in [1.82, 2.24) is 5.32 Å². The molecule has 0 saturated carbocycles. The van der Waals surface area contributed by atoms with E-state index in [9.17, 15) is 18.8 Å². The molecule has 1 fully saturated rings. The summed E-state index contributed by atoms with van der Waals surface area (Å²) in [7, 11) is 0. The summed E-state index contributed by atoms with van der Waals surface area (Å²) in [5.41, 5.74) is 0.898. The molecule has 1 aliphatic heterocycles. The van der Waals surface area contributed by atoms with Crippen LogP contribution >= 0.6 is 0 Å². The molecule has 2 N–H and O–H groups in total. The van der Waals surface area contributed by atoms with Crippen molar-refractivity contribution in [3.63, 3.8) is 0 Å². The van der Waals surface area contributed by atoms with Gasteiger partial charge in [0.05, 0.1) is 5.69 Å². The number of para-hydroxylation sites is 1. The fourth-order valence-electron chi connectivity index (χ4n) is 2.49. The van der Waals surface area contributed by atoms with Crippen LogP contribution in [0, 0.1) is 11.7 Å². The fraction of sp³-hybridized carbons (Fsp3) is 0.0556. The van der Waals surface area contributed by atoms with Gasteiger partial charge >= 0.3 is 6.03 Å². The van der Waals surface area contributed by atoms with Crippen molar-refractivity contribution in [1.29, 1.82) is 0 Å². The molecule has 126 valence electrons. The van der Waals surface area contributed by atoms with Crippen LogP contribution in [0.15, 0.2) is 66.9 Å². The van der Waals surface area contributed by atoms with Gasteiger partial charge in [0.25, 0.3) is 5.91 Å². The zero-order valence-corrected chi connectivity index (χ0v) is 13.0. The van der Waals surface area contributed by atoms with Gasteiger partial charge in [-0.25, -0.2) is 14.1 Å². The number of nitrogens with zero attached hydrogens (tertiary/aromatic N) is 1. The summed E-state index contributed by atoms with van der Waals surface area (Å²) in [6, 6.07) is 12.8. The Bertz CT molecular complexity index is 850. The van der Waals surface area contributed by atoms with Crippen molar-refractivity contribution in [3.8, 4) is 0 Å². The number of urea groups is 1. The first-order valence-corrected chi connectivity index (χ1v) is 7.42. The highest BCUT2D eigenvalue weighted by Gasteiger charge is 2.42. The minimum absolute atomic E-state index is 0.0857. The number of barbiturate groups is 1. The first-order chi connectivity index (χ1) is 12.0. The number of carbonyl (C=O) groups is 3. The Morgan fingerprint density at radius 1 is 1.04 bits per heavy atom. The number of carbonyl (C=O) groups excluding carboxylic acids is 3. The average Bonchev–Trinajstić information content (AvgIpc) is 2.57. The van der Waals surface area contributed by atoms with E-state index >= 15 is 0 Å². The Labute approximate surface area is 142 Å². The van der Waals surface area contributed by atoms with Crippen LogP contribution in [-0.2, 0) is 9.59 Å². The fourth-order valence-corrected chi connectivity index (χ4v) is 2.49. The minimum atomic E-state index is -1.29. The van der Waals surface area contributed by atoms with E-state index in [4.69, 9.17) is 0 Å². The summed E-state index contributed by atoms with van der Waals surface area (Å²) >= 11 is 0. The quantitative estimate of drug-likeness (QED) is 0.840. The molecule has 0 spiro atoms. The summed E-state index contributed by atoms with van der Waals surface area (Å²) in [4.78, 5) is 37.8. The van der Waals surface area contributed by atoms with E-state index in [1.54, 1.807) is 30.3 Å². The largest absolute Gasteiger partial charge is 0.358 e. The summed E-state index contributed by atoms with van der Waals surface area (Å²) in [6.07, 6.45) is 0. The molecule has 1 atom stereocenters. The van der Waals surface area contributed by atoms with Crippen molar-refractivity contribution in [3.05, 3.63) is 72.7 Å². The number of amides is 4. The topological polar surface area (TPSA) is 78.5 Å². The molecule has 6 nitrogen and oxygen atoms in total. The smallest absolute Gasteiger partial charge is 0.335 e. The summed E-state index contributed by atoms with van der Waals surface area (Å²) < 4.78 is 13.0. The second-order valence-electron chi connectivity index (χ2n) is 5.39. The minimum Gasteiger partial charge on any atom is -0.358 e. The van der Waals surface area contributed by atoms with Gasteiger partial charge in [0.1, 0.15) is 5.82 Å². The van der Waals surface area contributed by atoms with Gasteiger partial charge < -0.3 is 5.32 Å². The lowest BCUT2D eigenvalue weighted by Crippen LogP contribution is -2.59. The lowest BCUT2D eigenvalue weighted by Gasteiger charge is -2.31. The number of halogens is 1. The Balaban J connectivity index is 1.85. The van der Waals surface area contributed by atoms with Gasteiger partial charge in [0.15, 0.2) is 5.92 Å². The zero-order valence-electron chi connectivity index (χ0n) is 13.0. The van der Waals surface area contributed by atoms with Gasteiger partial charge in [-0.1, -0.05) is 24.8 Å². The van der Waals surface area contributed by atoms with Crippen LogP contribution in [0.3, 0.4) is 0 Å². The van der Waals surface area contributed by atoms with Gasteiger partial charge in [-0.2, -0.15) is 0 Å². The van der Waals surface area contributed by atoms with E-state index in [2.05, 4.69) is 17.2 Å². The lowest BCUT2D eigenvalue weighted by molar-refractivity contribution is -0.132. The standard InChI is InChI=1S/C18H14FN3O3/c1-11(20-13-9-7-12(19)8-10-13)15-16(23)21-18(25)22(17(15)24)14-5-3-2-4-6-14/h2-10,15,20H,1H2,(H,21,23,25)/t15-/m1/s1. The maximum absolute atomic E-state index is 13.0. The number of nitrogens with one attached hydrogen (secondary N) is 2. The van der Waals surface area contributed by atoms with Gasteiger partial charge in [-0.05, 0) is 36.4 Å². The first-order valence-electron chi connectivity index (χ1n) is 7.42. The van der Waals surface area contributed by atoms with E-state index < -0.39 is 29.6 Å². The van der Waals surface area contributed by atoms with Gasteiger partial charge in [0.2, 0.25) is 5.91 Å². The van der Waals surface area contributed by atoms with E-state index in [0.717, 1.165) is 4.90 Å². The predicted molar refractivity (Wildman–Crippen MR) is 90.1 cm³/mol. The van der Waals surface area contributed by atoms with Crippen molar-refractivity contribution >= 4 is 29.2 Å². The zero-order chi connectivity index (χ0) is 18.0. The lowest BCUT2D eigenvalue weighted by atomic mass is 10.0. The average molecular weight is 339 g/mol. The molecular formula is C18H14FN3O3. The SMILES string of the molecule is C=C(Nc1ccc(F)cc1)[C@@H]1C(=O)NC(=O)N(c2ccccc2)C1=O. The van der Waals surface area contributed by atoms with Crippen molar-refractivity contribution in [2.24, 2.45) is 5.92 Å². The number of rotatable bonds is 4. The van der Waals surface area contributed by atoms with Crippen LogP contribution in [0.2, 0.25) is 0 Å². The maximum atomic E-state index is 13.0. The van der Waals surface area contributed by atoms with Crippen LogP contribution in [-0.4, -0.2) is 17.8 Å². The van der Waals surface area contributed by atoms with Gasteiger partial charge in [-0.15, -0.1) is 0 Å². The number of benzene rings is 2. The summed E-state index contributed by atoms with van der Waals surface area (Å²) in [6.45, 7) is 3.73. The molecule has 0 unspecified atom stereocenters. The Hall–Kier alpha value is -3.48. The third-order valence-corrected chi connectivity index (χ3v) is 3.67. The van der Waals surface area contributed by atoms with Crippen molar-refractivity contribution in [2.45, 2.75) is 0 Å². The van der Waals surface area contributed by atoms with Crippen molar-refractivity contribution in [2.75, 3.05) is 10.2 Å². The highest BCUT2D eigenvalue weighted by molar-refractivity contribution is 6.28. The molecule has 2 aromatic carbocycles. The Morgan fingerprint density at radius 3 is 2.32 bits per heavy atom. The third-order valence-electron chi connectivity index (χ3n) is 3.67. The van der Waals surface area contributed by atoms with Crippen LogP contribution in [0.5, 0.6) is 0 Å². The molecule has 0 aliphatic carbocycles. The van der Waals surface area contributed by atoms with Crippen LogP contribution in [0.4, 0.5) is 20.6 Å². The normalized spacial score (nSPS) is 17.2. The van der Waals surface area contributed by atoms with Crippen LogP contribution in [0.1, 0.15) is 0 Å². The number of hydrogen-bond donors (Lipinski definition) is 2. The molecule has 2 aromatic rings. The molecule has 7 heteroatoms. The van der Waals surface area contributed by atoms with Crippen LogP contribution in [0.25, 0.3) is 0 Å². The number of imide groups is 2. The molecule has 1 aliphatic rings. The van der Waals surface area contributed by atoms with Crippen LogP contribution < -0.4 is 15.5 Å². The molecule has 25 heavy (non-hydrogen) atoms. The molecule has 4 amide bonds. The van der Waals surface area contributed by atoms with Crippen molar-refractivity contribution < 1.29 is 18.8 Å². The third kappa shape index (κ3) is 3.25. The molecule has 1 saturated heterocycles. The second-order valence-corrected chi connectivity index (χ2v) is 5.39. The Kier molecular flexibility index (Phi) is 4.30. The monoisotopic (exact) mass is 339 g/mol. The predicted octanol–water partition coefficient (Wildman–Crippen LogP) is 2.65. The van der Waals surface area contributed by atoms with E-state index in [0.29, 0.717) is 11.4 Å². The first kappa shape index (κ1) is 16.4.